The highest BCUT2D eigenvalue weighted by Gasteiger charge is 2.41. The summed E-state index contributed by atoms with van der Waals surface area (Å²) in [6, 6.07) is 3.52. The maximum Gasteiger partial charge on any atom is 0.269 e. The highest BCUT2D eigenvalue weighted by molar-refractivity contribution is 7.94. The van der Waals surface area contributed by atoms with Crippen molar-refractivity contribution in [3.63, 3.8) is 0 Å². The summed E-state index contributed by atoms with van der Waals surface area (Å²) in [5.74, 6) is 0.463. The Balaban J connectivity index is 1.69. The van der Waals surface area contributed by atoms with E-state index in [1.807, 2.05) is 6.07 Å². The van der Waals surface area contributed by atoms with Crippen LogP contribution >= 0.6 is 11.3 Å². The molecule has 0 spiro atoms. The Labute approximate surface area is 163 Å². The zero-order chi connectivity index (χ0) is 18.5. The molecule has 4 N–H and O–H groups in total. The molecule has 140 valence electrons. The number of nitrogen functional groups attached to an aromatic ring is 1. The summed E-state index contributed by atoms with van der Waals surface area (Å²) in [5, 5.41) is 1.33. The Bertz CT molecular complexity index is 1070. The van der Waals surface area contributed by atoms with Crippen LogP contribution in [0, 0.1) is 0 Å². The van der Waals surface area contributed by atoms with E-state index in [0.717, 1.165) is 40.1 Å². The van der Waals surface area contributed by atoms with Gasteiger partial charge in [-0.25, -0.2) is 9.97 Å². The van der Waals surface area contributed by atoms with Crippen molar-refractivity contribution < 1.29 is 4.55 Å². The second-order valence-corrected chi connectivity index (χ2v) is 10.3. The Hall–Kier alpha value is -1.90. The van der Waals surface area contributed by atoms with E-state index >= 15 is 0 Å². The number of pyridine rings is 1. The number of H-pyrrole nitrogens is 1. The first-order chi connectivity index (χ1) is 13.1. The van der Waals surface area contributed by atoms with Crippen LogP contribution in [-0.2, 0) is 11.2 Å². The molecule has 0 aliphatic heterocycles. The molecule has 3 aromatic rings. The summed E-state index contributed by atoms with van der Waals surface area (Å²) in [6.45, 7) is 0. The van der Waals surface area contributed by atoms with E-state index < -0.39 is 11.2 Å². The van der Waals surface area contributed by atoms with Gasteiger partial charge in [-0.15, -0.1) is 0 Å². The second-order valence-electron chi connectivity index (χ2n) is 7.37. The Morgan fingerprint density at radius 2 is 1.96 bits per heavy atom. The van der Waals surface area contributed by atoms with Crippen molar-refractivity contribution in [3.05, 3.63) is 34.4 Å². The van der Waals surface area contributed by atoms with Crippen LogP contribution in [0.2, 0.25) is 0 Å². The Morgan fingerprint density at radius 1 is 1.19 bits per heavy atom. The molecule has 0 amide bonds. The van der Waals surface area contributed by atoms with E-state index in [0.29, 0.717) is 28.2 Å². The first-order valence-corrected chi connectivity index (χ1v) is 11.4. The number of fused-ring (bicyclic) bond motifs is 1. The standard InChI is InChI=1S/C19H20N4O2S2/c20-17-16-12(10-3-1-4-10)7-14(13-8-15(24)22-9-21-13)23-18(16)26-19(17)27(25)11-5-2-6-11/h7-11,25H,1-6,20H2/p+1. The fourth-order valence-corrected chi connectivity index (χ4v) is 6.97. The zero-order valence-corrected chi connectivity index (χ0v) is 16.4. The molecule has 8 heteroatoms. The zero-order valence-electron chi connectivity index (χ0n) is 14.8. The largest absolute Gasteiger partial charge is 0.393 e. The van der Waals surface area contributed by atoms with Gasteiger partial charge in [-0.1, -0.05) is 17.8 Å². The molecular weight excluding hydrogens is 380 g/mol. The lowest BCUT2D eigenvalue weighted by Gasteiger charge is -2.27. The number of aromatic nitrogens is 3. The molecule has 5 rings (SSSR count). The molecule has 2 aliphatic carbocycles. The van der Waals surface area contributed by atoms with Gasteiger partial charge in [0, 0.05) is 11.5 Å². The molecular formula is C19H21N4O2S2+. The van der Waals surface area contributed by atoms with Crippen LogP contribution in [0.1, 0.15) is 50.0 Å². The van der Waals surface area contributed by atoms with Crippen LogP contribution in [-0.4, -0.2) is 24.8 Å². The van der Waals surface area contributed by atoms with E-state index in [4.69, 9.17) is 10.7 Å². The third kappa shape index (κ3) is 2.86. The average Bonchev–Trinajstić information content (AvgIpc) is 2.89. The predicted octanol–water partition coefficient (Wildman–Crippen LogP) is 3.90. The van der Waals surface area contributed by atoms with Gasteiger partial charge in [0.15, 0.2) is 16.4 Å². The molecule has 0 saturated heterocycles. The van der Waals surface area contributed by atoms with E-state index in [2.05, 4.69) is 9.97 Å². The van der Waals surface area contributed by atoms with Gasteiger partial charge in [-0.05, 0) is 49.7 Å². The normalized spacial score (nSPS) is 19.0. The van der Waals surface area contributed by atoms with Crippen molar-refractivity contribution in [3.8, 4) is 11.4 Å². The SMILES string of the molecule is Nc1c([S+](O)C2CCC2)sc2nc(-c3cc(=O)[nH]cn3)cc(C3CCC3)c12. The van der Waals surface area contributed by atoms with Crippen molar-refractivity contribution in [2.45, 2.75) is 53.9 Å². The summed E-state index contributed by atoms with van der Waals surface area (Å²) < 4.78 is 11.7. The van der Waals surface area contributed by atoms with Crippen molar-refractivity contribution in [2.75, 3.05) is 5.73 Å². The summed E-state index contributed by atoms with van der Waals surface area (Å²) in [6.07, 6.45) is 8.22. The van der Waals surface area contributed by atoms with E-state index in [1.54, 1.807) is 0 Å². The van der Waals surface area contributed by atoms with Gasteiger partial charge in [-0.2, -0.15) is 4.55 Å². The lowest BCUT2D eigenvalue weighted by molar-refractivity contribution is 0.422. The summed E-state index contributed by atoms with van der Waals surface area (Å²) in [4.78, 5) is 24.1. The van der Waals surface area contributed by atoms with Gasteiger partial charge < -0.3 is 10.7 Å². The predicted molar refractivity (Wildman–Crippen MR) is 110 cm³/mol. The minimum Gasteiger partial charge on any atom is -0.393 e. The monoisotopic (exact) mass is 401 g/mol. The Morgan fingerprint density at radius 3 is 2.59 bits per heavy atom. The van der Waals surface area contributed by atoms with Crippen molar-refractivity contribution >= 4 is 38.4 Å². The lowest BCUT2D eigenvalue weighted by atomic mass is 9.79. The van der Waals surface area contributed by atoms with Gasteiger partial charge >= 0.3 is 0 Å². The lowest BCUT2D eigenvalue weighted by Crippen LogP contribution is -2.28. The van der Waals surface area contributed by atoms with E-state index in [9.17, 15) is 9.35 Å². The molecule has 2 fully saturated rings. The number of nitrogens with one attached hydrogen (secondary N) is 1. The first kappa shape index (κ1) is 17.2. The maximum absolute atomic E-state index is 11.7. The molecule has 27 heavy (non-hydrogen) atoms. The minimum atomic E-state index is -0.813. The third-order valence-corrected chi connectivity index (χ3v) is 9.10. The summed E-state index contributed by atoms with van der Waals surface area (Å²) in [5.41, 5.74) is 9.49. The van der Waals surface area contributed by atoms with Crippen LogP contribution in [0.15, 0.2) is 27.5 Å². The van der Waals surface area contributed by atoms with E-state index in [1.165, 1.54) is 42.1 Å². The molecule has 1 atom stereocenters. The molecule has 3 aromatic heterocycles. The number of nitrogens with zero attached hydrogens (tertiary/aromatic N) is 2. The average molecular weight is 402 g/mol. The molecule has 0 radical (unpaired) electrons. The van der Waals surface area contributed by atoms with Crippen LogP contribution in [0.25, 0.3) is 21.6 Å². The number of hydrogen-bond donors (Lipinski definition) is 3. The first-order valence-electron chi connectivity index (χ1n) is 9.32. The van der Waals surface area contributed by atoms with Crippen LogP contribution < -0.4 is 11.3 Å². The van der Waals surface area contributed by atoms with Gasteiger partial charge in [0.1, 0.15) is 10.5 Å². The fourth-order valence-electron chi connectivity index (χ4n) is 3.71. The molecule has 0 aromatic carbocycles. The molecule has 2 aliphatic rings. The highest BCUT2D eigenvalue weighted by atomic mass is 32.2. The molecule has 1 unspecified atom stereocenters. The van der Waals surface area contributed by atoms with E-state index in [-0.39, 0.29) is 5.56 Å². The van der Waals surface area contributed by atoms with Crippen molar-refractivity contribution in [2.24, 2.45) is 0 Å². The number of anilines is 1. The number of aromatic amines is 1. The highest BCUT2D eigenvalue weighted by Crippen LogP contribution is 2.48. The number of nitrogens with two attached hydrogens (primary N) is 1. The van der Waals surface area contributed by atoms with Gasteiger partial charge in [0.05, 0.1) is 17.7 Å². The third-order valence-electron chi connectivity index (χ3n) is 5.74. The molecule has 3 heterocycles. The number of rotatable bonds is 4. The molecule has 0 bridgehead atoms. The summed E-state index contributed by atoms with van der Waals surface area (Å²) in [7, 11) is 0. The van der Waals surface area contributed by atoms with Gasteiger partial charge in [0.2, 0.25) is 0 Å². The van der Waals surface area contributed by atoms with Gasteiger partial charge in [0.25, 0.3) is 9.77 Å². The van der Waals surface area contributed by atoms with Crippen molar-refractivity contribution in [1.29, 1.82) is 0 Å². The maximum atomic E-state index is 11.7. The topological polar surface area (TPSA) is 105 Å². The quantitative estimate of drug-likeness (QED) is 0.575. The number of hydrogen-bond acceptors (Lipinski definition) is 6. The second kappa shape index (κ2) is 6.61. The summed E-state index contributed by atoms with van der Waals surface area (Å²) >= 11 is 0.688. The molecule has 2 saturated carbocycles. The van der Waals surface area contributed by atoms with Gasteiger partial charge in [-0.3, -0.25) is 4.79 Å². The van der Waals surface area contributed by atoms with Crippen LogP contribution in [0.5, 0.6) is 0 Å². The fraction of sp³-hybridized carbons (Fsp3) is 0.421. The minimum absolute atomic E-state index is 0.194. The number of thiophene rings is 1. The Kier molecular flexibility index (Phi) is 4.22. The van der Waals surface area contributed by atoms with Crippen LogP contribution in [0.4, 0.5) is 5.69 Å². The van der Waals surface area contributed by atoms with Crippen LogP contribution in [0.3, 0.4) is 0 Å². The van der Waals surface area contributed by atoms with Crippen molar-refractivity contribution in [1.82, 2.24) is 15.0 Å². The molecule has 6 nitrogen and oxygen atoms in total. The smallest absolute Gasteiger partial charge is 0.269 e.